The van der Waals surface area contributed by atoms with E-state index in [4.69, 9.17) is 0 Å². The first-order chi connectivity index (χ1) is 11.8. The minimum absolute atomic E-state index is 0.0391. The number of amides is 2. The molecule has 2 rings (SSSR count). The summed E-state index contributed by atoms with van der Waals surface area (Å²) in [5, 5.41) is 5.84. The Morgan fingerprint density at radius 1 is 1.20 bits per heavy atom. The third-order valence-electron chi connectivity index (χ3n) is 4.29. The van der Waals surface area contributed by atoms with Crippen LogP contribution in [-0.2, 0) is 9.59 Å². The van der Waals surface area contributed by atoms with Gasteiger partial charge in [0.1, 0.15) is 0 Å². The molecule has 1 saturated heterocycles. The molecule has 1 aromatic rings. The van der Waals surface area contributed by atoms with E-state index in [0.29, 0.717) is 30.4 Å². The molecule has 0 radical (unpaired) electrons. The Morgan fingerprint density at radius 3 is 2.60 bits per heavy atom. The van der Waals surface area contributed by atoms with Crippen LogP contribution in [0.1, 0.15) is 25.3 Å². The van der Waals surface area contributed by atoms with E-state index < -0.39 is 0 Å². The number of carbonyl (C=O) groups is 2. The number of piperidine rings is 1. The van der Waals surface area contributed by atoms with E-state index in [1.165, 1.54) is 6.42 Å². The Hall–Kier alpha value is -1.92. The molecule has 1 aliphatic rings. The van der Waals surface area contributed by atoms with Crippen molar-refractivity contribution in [3.63, 3.8) is 0 Å². The first-order valence-corrected chi connectivity index (χ1v) is 8.91. The normalized spacial score (nSPS) is 18.2. The van der Waals surface area contributed by atoms with Gasteiger partial charge in [0.15, 0.2) is 0 Å². The predicted molar refractivity (Wildman–Crippen MR) is 102 cm³/mol. The van der Waals surface area contributed by atoms with Crippen molar-refractivity contribution in [2.75, 3.05) is 50.9 Å². The zero-order valence-corrected chi connectivity index (χ0v) is 15.8. The highest BCUT2D eigenvalue weighted by atomic mass is 16.2. The molecule has 0 spiro atoms. The van der Waals surface area contributed by atoms with Gasteiger partial charge in [-0.25, -0.2) is 0 Å². The van der Waals surface area contributed by atoms with Gasteiger partial charge in [0, 0.05) is 6.54 Å². The first kappa shape index (κ1) is 19.4. The van der Waals surface area contributed by atoms with Crippen LogP contribution in [0.4, 0.5) is 11.4 Å². The van der Waals surface area contributed by atoms with Crippen LogP contribution in [0.2, 0.25) is 0 Å². The summed E-state index contributed by atoms with van der Waals surface area (Å²) in [6.45, 7) is 6.82. The third kappa shape index (κ3) is 6.48. The van der Waals surface area contributed by atoms with E-state index in [-0.39, 0.29) is 11.8 Å². The third-order valence-corrected chi connectivity index (χ3v) is 4.29. The summed E-state index contributed by atoms with van der Waals surface area (Å²) in [4.78, 5) is 28.5. The Bertz CT molecular complexity index is 615. The van der Waals surface area contributed by atoms with Crippen molar-refractivity contribution in [1.82, 2.24) is 9.80 Å². The fourth-order valence-corrected chi connectivity index (χ4v) is 3.17. The van der Waals surface area contributed by atoms with E-state index in [1.807, 2.05) is 39.2 Å². The molecule has 1 heterocycles. The SMILES string of the molecule is Cc1ccc(NC(=O)CN(C)C)c(NC(=O)CN2CCCC(C)C2)c1. The lowest BCUT2D eigenvalue weighted by Crippen LogP contribution is -2.39. The van der Waals surface area contributed by atoms with Gasteiger partial charge in [-0.05, 0) is 64.0 Å². The van der Waals surface area contributed by atoms with E-state index in [2.05, 4.69) is 22.5 Å². The molecule has 1 aliphatic heterocycles. The van der Waals surface area contributed by atoms with Crippen LogP contribution in [0.3, 0.4) is 0 Å². The quantitative estimate of drug-likeness (QED) is 0.828. The van der Waals surface area contributed by atoms with Gasteiger partial charge in [-0.2, -0.15) is 0 Å². The first-order valence-electron chi connectivity index (χ1n) is 8.91. The fraction of sp³-hybridized carbons (Fsp3) is 0.579. The molecule has 0 aromatic heterocycles. The lowest BCUT2D eigenvalue weighted by Gasteiger charge is -2.30. The maximum Gasteiger partial charge on any atom is 0.238 e. The second-order valence-electron chi connectivity index (χ2n) is 7.37. The number of likely N-dealkylation sites (tertiary alicyclic amines) is 1. The van der Waals surface area contributed by atoms with Crippen LogP contribution >= 0.6 is 0 Å². The second-order valence-corrected chi connectivity index (χ2v) is 7.37. The van der Waals surface area contributed by atoms with Crippen molar-refractivity contribution < 1.29 is 9.59 Å². The zero-order valence-electron chi connectivity index (χ0n) is 15.8. The molecular weight excluding hydrogens is 316 g/mol. The van der Waals surface area contributed by atoms with Crippen LogP contribution in [0, 0.1) is 12.8 Å². The van der Waals surface area contributed by atoms with E-state index in [1.54, 1.807) is 4.90 Å². The second kappa shape index (κ2) is 8.97. The molecule has 6 nitrogen and oxygen atoms in total. The standard InChI is InChI=1S/C19H30N4O2/c1-14-7-8-16(20-18(24)12-22(3)4)17(10-14)21-19(25)13-23-9-5-6-15(2)11-23/h7-8,10,15H,5-6,9,11-13H2,1-4H3,(H,20,24)(H,21,25). The Balaban J connectivity index is 2.00. The molecule has 2 amide bonds. The summed E-state index contributed by atoms with van der Waals surface area (Å²) >= 11 is 0. The van der Waals surface area contributed by atoms with Crippen LogP contribution in [0.5, 0.6) is 0 Å². The molecule has 0 saturated carbocycles. The van der Waals surface area contributed by atoms with Crippen molar-refractivity contribution in [2.45, 2.75) is 26.7 Å². The van der Waals surface area contributed by atoms with E-state index >= 15 is 0 Å². The fourth-order valence-electron chi connectivity index (χ4n) is 3.17. The average molecular weight is 346 g/mol. The summed E-state index contributed by atoms with van der Waals surface area (Å²) in [6, 6.07) is 5.65. The van der Waals surface area contributed by atoms with Crippen LogP contribution < -0.4 is 10.6 Å². The Labute approximate surface area is 150 Å². The highest BCUT2D eigenvalue weighted by Crippen LogP contribution is 2.23. The number of aryl methyl sites for hydroxylation is 1. The van der Waals surface area contributed by atoms with Crippen molar-refractivity contribution >= 4 is 23.2 Å². The van der Waals surface area contributed by atoms with Gasteiger partial charge in [-0.15, -0.1) is 0 Å². The molecular formula is C19H30N4O2. The average Bonchev–Trinajstić information content (AvgIpc) is 2.49. The number of benzene rings is 1. The molecule has 2 N–H and O–H groups in total. The number of nitrogens with one attached hydrogen (secondary N) is 2. The number of hydrogen-bond acceptors (Lipinski definition) is 4. The molecule has 1 fully saturated rings. The number of carbonyl (C=O) groups excluding carboxylic acids is 2. The summed E-state index contributed by atoms with van der Waals surface area (Å²) in [5.74, 6) is 0.499. The highest BCUT2D eigenvalue weighted by molar-refractivity contribution is 6.00. The van der Waals surface area contributed by atoms with Gasteiger partial charge >= 0.3 is 0 Å². The number of rotatable bonds is 6. The molecule has 1 atom stereocenters. The van der Waals surface area contributed by atoms with E-state index in [0.717, 1.165) is 25.1 Å². The minimum Gasteiger partial charge on any atom is -0.323 e. The van der Waals surface area contributed by atoms with Gasteiger partial charge in [0.2, 0.25) is 11.8 Å². The van der Waals surface area contributed by atoms with Crippen molar-refractivity contribution in [1.29, 1.82) is 0 Å². The minimum atomic E-state index is -0.103. The van der Waals surface area contributed by atoms with Gasteiger partial charge in [0.25, 0.3) is 0 Å². The highest BCUT2D eigenvalue weighted by Gasteiger charge is 2.19. The largest absolute Gasteiger partial charge is 0.323 e. The van der Waals surface area contributed by atoms with Gasteiger partial charge < -0.3 is 15.5 Å². The Morgan fingerprint density at radius 2 is 1.92 bits per heavy atom. The summed E-state index contributed by atoms with van der Waals surface area (Å²) in [7, 11) is 3.69. The van der Waals surface area contributed by atoms with Crippen molar-refractivity contribution in [3.8, 4) is 0 Å². The van der Waals surface area contributed by atoms with Crippen molar-refractivity contribution in [2.24, 2.45) is 5.92 Å². The van der Waals surface area contributed by atoms with Crippen LogP contribution in [0.25, 0.3) is 0 Å². The topological polar surface area (TPSA) is 64.7 Å². The lowest BCUT2D eigenvalue weighted by atomic mass is 10.0. The molecule has 0 aliphatic carbocycles. The summed E-state index contributed by atoms with van der Waals surface area (Å²) in [6.07, 6.45) is 2.38. The lowest BCUT2D eigenvalue weighted by molar-refractivity contribution is -0.118. The number of hydrogen-bond donors (Lipinski definition) is 2. The van der Waals surface area contributed by atoms with E-state index in [9.17, 15) is 9.59 Å². The predicted octanol–water partition coefficient (Wildman–Crippen LogP) is 2.17. The van der Waals surface area contributed by atoms with Gasteiger partial charge in [-0.3, -0.25) is 14.5 Å². The zero-order chi connectivity index (χ0) is 18.4. The summed E-state index contributed by atoms with van der Waals surface area (Å²) in [5.41, 5.74) is 2.33. The van der Waals surface area contributed by atoms with Crippen LogP contribution in [-0.4, -0.2) is 61.9 Å². The summed E-state index contributed by atoms with van der Waals surface area (Å²) < 4.78 is 0. The monoisotopic (exact) mass is 346 g/mol. The van der Waals surface area contributed by atoms with Crippen LogP contribution in [0.15, 0.2) is 18.2 Å². The molecule has 6 heteroatoms. The van der Waals surface area contributed by atoms with Gasteiger partial charge in [-0.1, -0.05) is 13.0 Å². The maximum absolute atomic E-state index is 12.4. The Kier molecular flexibility index (Phi) is 6.96. The molecule has 1 aromatic carbocycles. The number of anilines is 2. The molecule has 138 valence electrons. The van der Waals surface area contributed by atoms with Crippen molar-refractivity contribution in [3.05, 3.63) is 23.8 Å². The molecule has 25 heavy (non-hydrogen) atoms. The number of nitrogens with zero attached hydrogens (tertiary/aromatic N) is 2. The molecule has 1 unspecified atom stereocenters. The maximum atomic E-state index is 12.4. The molecule has 0 bridgehead atoms. The number of likely N-dealkylation sites (N-methyl/N-ethyl adjacent to an activating group) is 1. The van der Waals surface area contributed by atoms with Gasteiger partial charge in [0.05, 0.1) is 24.5 Å². The smallest absolute Gasteiger partial charge is 0.238 e.